The van der Waals surface area contributed by atoms with Crippen molar-refractivity contribution in [2.45, 2.75) is 24.8 Å². The van der Waals surface area contributed by atoms with Gasteiger partial charge >= 0.3 is 12.0 Å². The van der Waals surface area contributed by atoms with Crippen LogP contribution in [0.15, 0.2) is 0 Å². The fraction of sp³-hybridized carbons (Fsp3) is 0.692. The van der Waals surface area contributed by atoms with Crippen molar-refractivity contribution in [3.8, 4) is 0 Å². The summed E-state index contributed by atoms with van der Waals surface area (Å²) in [6.45, 7) is 1.18. The molecule has 1 spiro atoms. The second kappa shape index (κ2) is 6.30. The quantitative estimate of drug-likeness (QED) is 0.537. The molecule has 122 valence electrons. The third-order valence-corrected chi connectivity index (χ3v) is 4.15. The topological polar surface area (TPSA) is 119 Å². The predicted molar refractivity (Wildman–Crippen MR) is 75.0 cm³/mol. The Bertz CT molecular complexity index is 499. The van der Waals surface area contributed by atoms with Crippen molar-refractivity contribution < 1.29 is 24.3 Å². The number of imide groups is 1. The summed E-state index contributed by atoms with van der Waals surface area (Å²) in [6, 6.07) is -0.536. The lowest BCUT2D eigenvalue weighted by Gasteiger charge is -2.36. The first-order valence-corrected chi connectivity index (χ1v) is 7.17. The number of hydrogen-bond acceptors (Lipinski definition) is 5. The van der Waals surface area contributed by atoms with Gasteiger partial charge in [-0.05, 0) is 12.8 Å². The smallest absolute Gasteiger partial charge is 0.325 e. The first-order chi connectivity index (χ1) is 10.4. The van der Waals surface area contributed by atoms with Gasteiger partial charge in [0.25, 0.3) is 5.91 Å². The number of aliphatic carboxylic acids is 1. The van der Waals surface area contributed by atoms with E-state index in [-0.39, 0.29) is 31.3 Å². The van der Waals surface area contributed by atoms with Crippen molar-refractivity contribution in [1.82, 2.24) is 20.4 Å². The van der Waals surface area contributed by atoms with Crippen molar-refractivity contribution in [2.24, 2.45) is 0 Å². The molecule has 9 heteroatoms. The van der Waals surface area contributed by atoms with Gasteiger partial charge in [-0.15, -0.1) is 0 Å². The van der Waals surface area contributed by atoms with Crippen LogP contribution in [0.3, 0.4) is 0 Å². The second-order valence-electron chi connectivity index (χ2n) is 5.56. The van der Waals surface area contributed by atoms with E-state index in [1.54, 1.807) is 7.05 Å². The van der Waals surface area contributed by atoms with Gasteiger partial charge in [0.05, 0.1) is 13.0 Å². The maximum atomic E-state index is 12.4. The molecule has 2 heterocycles. The molecule has 0 aliphatic carbocycles. The Kier molecular flexibility index (Phi) is 4.65. The van der Waals surface area contributed by atoms with Crippen LogP contribution in [-0.4, -0.2) is 77.5 Å². The molecular weight excluding hydrogens is 292 g/mol. The first kappa shape index (κ1) is 16.2. The van der Waals surface area contributed by atoms with E-state index in [4.69, 9.17) is 5.11 Å². The van der Waals surface area contributed by atoms with Crippen LogP contribution < -0.4 is 10.6 Å². The van der Waals surface area contributed by atoms with Crippen LogP contribution in [0.2, 0.25) is 0 Å². The zero-order valence-electron chi connectivity index (χ0n) is 12.4. The normalized spacial score (nSPS) is 21.0. The molecule has 0 aromatic rings. The highest BCUT2D eigenvalue weighted by Crippen LogP contribution is 2.29. The van der Waals surface area contributed by atoms with Gasteiger partial charge in [0.15, 0.2) is 0 Å². The van der Waals surface area contributed by atoms with Crippen LogP contribution in [0.4, 0.5) is 4.79 Å². The lowest BCUT2D eigenvalue weighted by molar-refractivity contribution is -0.138. The summed E-state index contributed by atoms with van der Waals surface area (Å²) >= 11 is 0. The highest BCUT2D eigenvalue weighted by atomic mass is 16.4. The van der Waals surface area contributed by atoms with E-state index >= 15 is 0 Å². The number of piperidine rings is 1. The maximum Gasteiger partial charge on any atom is 0.325 e. The summed E-state index contributed by atoms with van der Waals surface area (Å²) < 4.78 is 0. The number of carboxylic acid groups (broad SMARTS) is 1. The van der Waals surface area contributed by atoms with Gasteiger partial charge in [-0.2, -0.15) is 0 Å². The number of likely N-dealkylation sites (N-methyl/N-ethyl adjacent to an activating group) is 1. The summed E-state index contributed by atoms with van der Waals surface area (Å²) in [4.78, 5) is 49.2. The van der Waals surface area contributed by atoms with Gasteiger partial charge in [0, 0.05) is 26.7 Å². The molecule has 22 heavy (non-hydrogen) atoms. The van der Waals surface area contributed by atoms with E-state index in [9.17, 15) is 19.2 Å². The van der Waals surface area contributed by atoms with Crippen LogP contribution in [-0.2, 0) is 14.4 Å². The average Bonchev–Trinajstić information content (AvgIpc) is 2.70. The molecule has 0 atom stereocenters. The molecule has 9 nitrogen and oxygen atoms in total. The molecule has 3 N–H and O–H groups in total. The molecule has 0 aromatic carbocycles. The molecule has 2 fully saturated rings. The molecule has 4 amide bonds. The number of carbonyl (C=O) groups excluding carboxylic acids is 3. The molecule has 2 aliphatic rings. The van der Waals surface area contributed by atoms with Crippen LogP contribution in [0.25, 0.3) is 0 Å². The molecule has 2 saturated heterocycles. The Balaban J connectivity index is 1.96. The largest absolute Gasteiger partial charge is 0.481 e. The number of likely N-dealkylation sites (tertiary alicyclic amines) is 1. The molecule has 0 aromatic heterocycles. The van der Waals surface area contributed by atoms with Gasteiger partial charge in [-0.25, -0.2) is 4.79 Å². The molecular formula is C13H20N4O5. The lowest BCUT2D eigenvalue weighted by Crippen LogP contribution is -2.55. The molecule has 2 aliphatic heterocycles. The van der Waals surface area contributed by atoms with Crippen LogP contribution >= 0.6 is 0 Å². The summed E-state index contributed by atoms with van der Waals surface area (Å²) in [7, 11) is 1.56. The molecule has 0 bridgehead atoms. The van der Waals surface area contributed by atoms with Gasteiger partial charge in [-0.1, -0.05) is 0 Å². The van der Waals surface area contributed by atoms with Gasteiger partial charge in [0.1, 0.15) is 5.54 Å². The Morgan fingerprint density at radius 1 is 1.32 bits per heavy atom. The van der Waals surface area contributed by atoms with E-state index < -0.39 is 17.5 Å². The minimum absolute atomic E-state index is 0.0965. The Labute approximate surface area is 127 Å². The van der Waals surface area contributed by atoms with E-state index in [0.717, 1.165) is 4.90 Å². The van der Waals surface area contributed by atoms with Crippen molar-refractivity contribution in [1.29, 1.82) is 0 Å². The third kappa shape index (κ3) is 3.19. The zero-order chi connectivity index (χ0) is 16.3. The second-order valence-corrected chi connectivity index (χ2v) is 5.56. The number of carbonyl (C=O) groups is 4. The fourth-order valence-corrected chi connectivity index (χ4v) is 2.80. The van der Waals surface area contributed by atoms with Crippen LogP contribution in [0, 0.1) is 0 Å². The van der Waals surface area contributed by atoms with E-state index in [2.05, 4.69) is 10.6 Å². The lowest BCUT2D eigenvalue weighted by atomic mass is 9.87. The number of nitrogens with one attached hydrogen (secondary N) is 2. The monoisotopic (exact) mass is 312 g/mol. The predicted octanol–water partition coefficient (Wildman–Crippen LogP) is -1.41. The zero-order valence-corrected chi connectivity index (χ0v) is 12.4. The molecule has 0 unspecified atom stereocenters. The Hall–Kier alpha value is -2.16. The highest BCUT2D eigenvalue weighted by molar-refractivity contribution is 6.07. The van der Waals surface area contributed by atoms with Crippen LogP contribution in [0.5, 0.6) is 0 Å². The molecule has 0 saturated carbocycles. The number of nitrogens with zero attached hydrogens (tertiary/aromatic N) is 2. The standard InChI is InChI=1S/C13H20N4O5/c1-14-9(18)8-16-6-3-13(4-7-16)11(21)17(12(22)15-13)5-2-10(19)20/h2-8H2,1H3,(H,14,18)(H,15,22)(H,19,20). The number of rotatable bonds is 5. The summed E-state index contributed by atoms with van der Waals surface area (Å²) in [5.41, 5.74) is -0.950. The Morgan fingerprint density at radius 3 is 2.50 bits per heavy atom. The van der Waals surface area contributed by atoms with Crippen molar-refractivity contribution >= 4 is 23.8 Å². The van der Waals surface area contributed by atoms with E-state index in [1.165, 1.54) is 0 Å². The number of urea groups is 1. The van der Waals surface area contributed by atoms with Crippen molar-refractivity contribution in [2.75, 3.05) is 33.2 Å². The minimum atomic E-state index is -1.05. The number of carboxylic acids is 1. The van der Waals surface area contributed by atoms with Crippen molar-refractivity contribution in [3.63, 3.8) is 0 Å². The summed E-state index contributed by atoms with van der Waals surface area (Å²) in [5.74, 6) is -1.51. The molecule has 0 radical (unpaired) electrons. The Morgan fingerprint density at radius 2 is 1.95 bits per heavy atom. The molecule has 2 rings (SSSR count). The minimum Gasteiger partial charge on any atom is -0.481 e. The van der Waals surface area contributed by atoms with Gasteiger partial charge < -0.3 is 15.7 Å². The SMILES string of the molecule is CNC(=O)CN1CCC2(CC1)NC(=O)N(CCC(=O)O)C2=O. The van der Waals surface area contributed by atoms with Crippen LogP contribution in [0.1, 0.15) is 19.3 Å². The number of hydrogen-bond donors (Lipinski definition) is 3. The highest BCUT2D eigenvalue weighted by Gasteiger charge is 2.52. The van der Waals surface area contributed by atoms with E-state index in [1.807, 2.05) is 4.90 Å². The van der Waals surface area contributed by atoms with Gasteiger partial charge in [-0.3, -0.25) is 24.2 Å². The van der Waals surface area contributed by atoms with E-state index in [0.29, 0.717) is 25.9 Å². The maximum absolute atomic E-state index is 12.4. The fourth-order valence-electron chi connectivity index (χ4n) is 2.80. The number of amides is 4. The summed E-state index contributed by atoms with van der Waals surface area (Å²) in [5, 5.41) is 13.9. The van der Waals surface area contributed by atoms with Crippen molar-refractivity contribution in [3.05, 3.63) is 0 Å². The first-order valence-electron chi connectivity index (χ1n) is 7.17. The van der Waals surface area contributed by atoms with Gasteiger partial charge in [0.2, 0.25) is 5.91 Å². The summed E-state index contributed by atoms with van der Waals surface area (Å²) in [6.07, 6.45) is 0.564. The average molecular weight is 312 g/mol. The third-order valence-electron chi connectivity index (χ3n) is 4.15.